The topological polar surface area (TPSA) is 107 Å². The molecule has 0 unspecified atom stereocenters. The van der Waals surface area contributed by atoms with E-state index in [1.54, 1.807) is 18.6 Å². The van der Waals surface area contributed by atoms with E-state index in [0.717, 1.165) is 23.4 Å². The fourth-order valence-corrected chi connectivity index (χ4v) is 4.62. The first-order chi connectivity index (χ1) is 15.0. The number of fused-ring (bicyclic) bond motifs is 1. The summed E-state index contributed by atoms with van der Waals surface area (Å²) >= 11 is 7.84. The molecule has 1 atom stereocenters. The van der Waals surface area contributed by atoms with Gasteiger partial charge in [0.1, 0.15) is 16.8 Å². The highest BCUT2D eigenvalue weighted by Crippen LogP contribution is 2.36. The Morgan fingerprint density at radius 2 is 2.23 bits per heavy atom. The highest BCUT2D eigenvalue weighted by molar-refractivity contribution is 7.15. The molecule has 0 aliphatic heterocycles. The molecule has 160 valence electrons. The van der Waals surface area contributed by atoms with Crippen LogP contribution < -0.4 is 15.8 Å². The Kier molecular flexibility index (Phi) is 6.17. The van der Waals surface area contributed by atoms with E-state index in [9.17, 15) is 4.79 Å². The molecule has 1 aromatic carbocycles. The number of rotatable bonds is 8. The largest absolute Gasteiger partial charge is 0.469 e. The number of carbonyl (C=O) groups excluding carboxylic acids is 1. The highest BCUT2D eigenvalue weighted by atomic mass is 35.5. The first kappa shape index (κ1) is 21.2. The molecular weight excluding hydrogens is 436 g/mol. The molecule has 3 heterocycles. The quantitative estimate of drug-likeness (QED) is 0.420. The lowest BCUT2D eigenvalue weighted by Crippen LogP contribution is -2.14. The van der Waals surface area contributed by atoms with Crippen LogP contribution in [0.1, 0.15) is 29.0 Å². The van der Waals surface area contributed by atoms with E-state index in [0.29, 0.717) is 26.4 Å². The number of nitrogens with two attached hydrogens (primary N) is 1. The highest BCUT2D eigenvalue weighted by Gasteiger charge is 2.21. The number of benzene rings is 1. The second-order valence-corrected chi connectivity index (χ2v) is 8.48. The smallest absolute Gasteiger partial charge is 0.229 e. The number of carbonyl (C=O) groups is 1. The molecule has 31 heavy (non-hydrogen) atoms. The molecule has 0 aliphatic carbocycles. The third-order valence-corrected chi connectivity index (χ3v) is 6.09. The van der Waals surface area contributed by atoms with Crippen LogP contribution in [-0.2, 0) is 17.8 Å². The van der Waals surface area contributed by atoms with Crippen molar-refractivity contribution in [3.63, 3.8) is 0 Å². The summed E-state index contributed by atoms with van der Waals surface area (Å²) in [6.45, 7) is 2.62. The molecule has 0 radical (unpaired) electrons. The summed E-state index contributed by atoms with van der Waals surface area (Å²) in [7, 11) is 1.88. The second kappa shape index (κ2) is 9.01. The molecule has 4 aromatic rings. The summed E-state index contributed by atoms with van der Waals surface area (Å²) in [5.74, 6) is -0.0878. The van der Waals surface area contributed by atoms with Crippen LogP contribution in [0, 0.1) is 0 Å². The number of aromatic nitrogens is 4. The fourth-order valence-electron chi connectivity index (χ4n) is 3.26. The average Bonchev–Trinajstić information content (AvgIpc) is 3.32. The van der Waals surface area contributed by atoms with E-state index in [1.807, 2.05) is 42.8 Å². The van der Waals surface area contributed by atoms with Gasteiger partial charge >= 0.3 is 0 Å². The van der Waals surface area contributed by atoms with E-state index in [1.165, 1.54) is 11.3 Å². The van der Waals surface area contributed by atoms with Crippen molar-refractivity contribution in [2.45, 2.75) is 26.0 Å². The Labute approximate surface area is 188 Å². The molecule has 10 heteroatoms. The molecule has 3 aromatic heterocycles. The monoisotopic (exact) mass is 456 g/mol. The van der Waals surface area contributed by atoms with E-state index in [2.05, 4.69) is 20.3 Å². The van der Waals surface area contributed by atoms with E-state index >= 15 is 0 Å². The molecule has 3 N–H and O–H groups in total. The summed E-state index contributed by atoms with van der Waals surface area (Å²) in [5.41, 5.74) is 8.85. The molecule has 8 nitrogen and oxygen atoms in total. The zero-order valence-electron chi connectivity index (χ0n) is 17.0. The number of nitrogens with one attached hydrogen (secondary N) is 1. The number of halogens is 1. The maximum Gasteiger partial charge on any atom is 0.229 e. The van der Waals surface area contributed by atoms with Crippen molar-refractivity contribution in [1.82, 2.24) is 24.7 Å². The van der Waals surface area contributed by atoms with Gasteiger partial charge in [-0.3, -0.25) is 14.2 Å². The lowest BCUT2D eigenvalue weighted by molar-refractivity contribution is -0.117. The Bertz CT molecular complexity index is 1240. The molecule has 0 spiro atoms. The van der Waals surface area contributed by atoms with Gasteiger partial charge in [0.2, 0.25) is 11.8 Å². The SMILES string of the molecule is CNCc1ccc([C@@H](C)Oc2nc(-c3cnc4cnccn34)sc2CC(N)=O)c(Cl)c1. The van der Waals surface area contributed by atoms with Crippen LogP contribution in [0.15, 0.2) is 43.0 Å². The van der Waals surface area contributed by atoms with Crippen LogP contribution in [0.25, 0.3) is 16.3 Å². The Morgan fingerprint density at radius 3 is 2.97 bits per heavy atom. The number of imidazole rings is 1. The molecule has 1 amide bonds. The summed E-state index contributed by atoms with van der Waals surface area (Å²) in [5, 5.41) is 4.39. The number of hydrogen-bond donors (Lipinski definition) is 2. The molecule has 0 saturated carbocycles. The first-order valence-corrected chi connectivity index (χ1v) is 10.8. The zero-order chi connectivity index (χ0) is 22.0. The average molecular weight is 457 g/mol. The van der Waals surface area contributed by atoms with Gasteiger partial charge in [0.15, 0.2) is 5.65 Å². The van der Waals surface area contributed by atoms with Crippen molar-refractivity contribution in [2.24, 2.45) is 5.73 Å². The van der Waals surface area contributed by atoms with Crippen molar-refractivity contribution in [3.8, 4) is 16.6 Å². The third-order valence-electron chi connectivity index (χ3n) is 4.70. The number of primary amides is 1. The van der Waals surface area contributed by atoms with Gasteiger partial charge in [0.25, 0.3) is 0 Å². The van der Waals surface area contributed by atoms with Crippen LogP contribution in [0.2, 0.25) is 5.02 Å². The lowest BCUT2D eigenvalue weighted by Gasteiger charge is -2.16. The van der Waals surface area contributed by atoms with E-state index in [-0.39, 0.29) is 12.5 Å². The zero-order valence-corrected chi connectivity index (χ0v) is 18.6. The predicted octanol–water partition coefficient (Wildman–Crippen LogP) is 3.39. The van der Waals surface area contributed by atoms with Gasteiger partial charge in [0.05, 0.1) is 23.7 Å². The van der Waals surface area contributed by atoms with Crippen LogP contribution in [-0.4, -0.2) is 32.3 Å². The minimum Gasteiger partial charge on any atom is -0.469 e. The minimum atomic E-state index is -0.454. The van der Waals surface area contributed by atoms with Crippen molar-refractivity contribution in [1.29, 1.82) is 0 Å². The summed E-state index contributed by atoms with van der Waals surface area (Å²) in [6.07, 6.45) is 6.53. The third kappa shape index (κ3) is 4.53. The molecule has 4 rings (SSSR count). The van der Waals surface area contributed by atoms with Gasteiger partial charge in [0, 0.05) is 29.5 Å². The molecule has 0 saturated heterocycles. The molecule has 0 fully saturated rings. The maximum absolute atomic E-state index is 11.6. The van der Waals surface area contributed by atoms with Crippen LogP contribution >= 0.6 is 22.9 Å². The van der Waals surface area contributed by atoms with Gasteiger partial charge < -0.3 is 15.8 Å². The Morgan fingerprint density at radius 1 is 1.39 bits per heavy atom. The normalized spacial score (nSPS) is 12.2. The summed E-state index contributed by atoms with van der Waals surface area (Å²) < 4.78 is 8.03. The van der Waals surface area contributed by atoms with Gasteiger partial charge in [-0.15, -0.1) is 11.3 Å². The predicted molar refractivity (Wildman–Crippen MR) is 120 cm³/mol. The van der Waals surface area contributed by atoms with Gasteiger partial charge in [-0.2, -0.15) is 4.98 Å². The van der Waals surface area contributed by atoms with Crippen LogP contribution in [0.3, 0.4) is 0 Å². The standard InChI is InChI=1S/C21H21ClN6O2S/c1-12(14-4-3-13(9-24-2)7-15(14)22)30-20-17(8-18(23)29)31-21(27-20)16-10-26-19-11-25-5-6-28(16)19/h3-7,10-12,24H,8-9H2,1-2H3,(H2,23,29)/t12-/m1/s1. The van der Waals surface area contributed by atoms with Crippen molar-refractivity contribution < 1.29 is 9.53 Å². The lowest BCUT2D eigenvalue weighted by atomic mass is 10.1. The first-order valence-electron chi connectivity index (χ1n) is 9.61. The fraction of sp³-hybridized carbons (Fsp3) is 0.238. The van der Waals surface area contributed by atoms with Gasteiger partial charge in [-0.25, -0.2) is 4.98 Å². The number of amides is 1. The van der Waals surface area contributed by atoms with Crippen molar-refractivity contribution >= 4 is 34.5 Å². The van der Waals surface area contributed by atoms with Crippen LogP contribution in [0.4, 0.5) is 0 Å². The number of ether oxygens (including phenoxy) is 1. The van der Waals surface area contributed by atoms with E-state index in [4.69, 9.17) is 22.1 Å². The van der Waals surface area contributed by atoms with Crippen molar-refractivity contribution in [3.05, 3.63) is 64.0 Å². The number of nitrogens with zero attached hydrogens (tertiary/aromatic N) is 4. The summed E-state index contributed by atoms with van der Waals surface area (Å²) in [4.78, 5) is 25.4. The van der Waals surface area contributed by atoms with E-state index < -0.39 is 5.91 Å². The minimum absolute atomic E-state index is 0.0346. The van der Waals surface area contributed by atoms with Crippen LogP contribution in [0.5, 0.6) is 5.88 Å². The Hall–Kier alpha value is -3.01. The van der Waals surface area contributed by atoms with Gasteiger partial charge in [-0.1, -0.05) is 23.7 Å². The number of thiazole rings is 1. The molecule has 0 bridgehead atoms. The Balaban J connectivity index is 1.66. The molecule has 0 aliphatic rings. The maximum atomic E-state index is 11.6. The van der Waals surface area contributed by atoms with Crippen molar-refractivity contribution in [2.75, 3.05) is 7.05 Å². The number of hydrogen-bond acceptors (Lipinski definition) is 7. The van der Waals surface area contributed by atoms with Gasteiger partial charge in [-0.05, 0) is 25.6 Å². The molecular formula is C21H21ClN6O2S. The second-order valence-electron chi connectivity index (χ2n) is 6.98. The summed E-state index contributed by atoms with van der Waals surface area (Å²) in [6, 6.07) is 5.86.